The molecular weight excluding hydrogens is 370 g/mol. The van der Waals surface area contributed by atoms with Crippen molar-refractivity contribution in [3.8, 4) is 0 Å². The number of sulfonamides is 1. The molecule has 0 unspecified atom stereocenters. The van der Waals surface area contributed by atoms with Crippen molar-refractivity contribution >= 4 is 39.1 Å². The molecule has 0 aliphatic carbocycles. The van der Waals surface area contributed by atoms with Gasteiger partial charge >= 0.3 is 0 Å². The molecule has 3 rings (SSSR count). The zero-order chi connectivity index (χ0) is 18.2. The number of fused-ring (bicyclic) bond motifs is 1. The molecule has 1 heterocycles. The lowest BCUT2D eigenvalue weighted by Gasteiger charge is -2.28. The van der Waals surface area contributed by atoms with Crippen LogP contribution in [0.15, 0.2) is 46.2 Å². The molecule has 1 aliphatic rings. The van der Waals surface area contributed by atoms with Crippen LogP contribution in [0.25, 0.3) is 0 Å². The third-order valence-corrected chi connectivity index (χ3v) is 6.08. The molecule has 0 spiro atoms. The van der Waals surface area contributed by atoms with Gasteiger partial charge in [0.25, 0.3) is 10.0 Å². The standard InChI is InChI=1S/C16H14F2N2O3S2/c1-10(21)20-6-7-24-16-5-3-12(9-15(16)20)25(22,23)19-11-2-4-13(17)14(18)8-11/h2-5,8-9,19H,6-7H2,1H3. The molecule has 2 aromatic rings. The Morgan fingerprint density at radius 2 is 1.92 bits per heavy atom. The van der Waals surface area contributed by atoms with Crippen molar-refractivity contribution in [2.45, 2.75) is 16.7 Å². The van der Waals surface area contributed by atoms with Gasteiger partial charge in [0, 0.05) is 30.2 Å². The average molecular weight is 384 g/mol. The van der Waals surface area contributed by atoms with E-state index in [9.17, 15) is 22.0 Å². The van der Waals surface area contributed by atoms with Gasteiger partial charge in [0.1, 0.15) is 0 Å². The minimum Gasteiger partial charge on any atom is -0.311 e. The van der Waals surface area contributed by atoms with E-state index in [-0.39, 0.29) is 16.5 Å². The molecule has 0 fully saturated rings. The van der Waals surface area contributed by atoms with E-state index in [0.717, 1.165) is 28.8 Å². The second kappa shape index (κ2) is 6.64. The summed E-state index contributed by atoms with van der Waals surface area (Å²) in [6.07, 6.45) is 0. The molecule has 0 atom stereocenters. The van der Waals surface area contributed by atoms with Gasteiger partial charge in [-0.1, -0.05) is 0 Å². The number of thioether (sulfide) groups is 1. The van der Waals surface area contributed by atoms with Gasteiger partial charge in [-0.05, 0) is 30.3 Å². The highest BCUT2D eigenvalue weighted by molar-refractivity contribution is 7.99. The summed E-state index contributed by atoms with van der Waals surface area (Å²) < 4.78 is 53.5. The highest BCUT2D eigenvalue weighted by atomic mass is 32.2. The minimum atomic E-state index is -4.01. The summed E-state index contributed by atoms with van der Waals surface area (Å²) in [7, 11) is -4.01. The van der Waals surface area contributed by atoms with Crippen molar-refractivity contribution in [1.29, 1.82) is 0 Å². The van der Waals surface area contributed by atoms with Crippen LogP contribution < -0.4 is 9.62 Å². The third-order valence-electron chi connectivity index (χ3n) is 3.66. The van der Waals surface area contributed by atoms with Crippen LogP contribution in [0.3, 0.4) is 0 Å². The van der Waals surface area contributed by atoms with Crippen molar-refractivity contribution in [3.05, 3.63) is 48.0 Å². The Kier molecular flexibility index (Phi) is 4.70. The summed E-state index contributed by atoms with van der Waals surface area (Å²) in [6.45, 7) is 1.91. The van der Waals surface area contributed by atoms with E-state index in [2.05, 4.69) is 4.72 Å². The number of nitrogens with zero attached hydrogens (tertiary/aromatic N) is 1. The Bertz CT molecular complexity index is 948. The van der Waals surface area contributed by atoms with Gasteiger partial charge in [-0.2, -0.15) is 0 Å². The Hall–Kier alpha value is -2.13. The lowest BCUT2D eigenvalue weighted by molar-refractivity contribution is -0.116. The van der Waals surface area contributed by atoms with Crippen LogP contribution in [0, 0.1) is 11.6 Å². The lowest BCUT2D eigenvalue weighted by Crippen LogP contribution is -2.33. The first-order valence-corrected chi connectivity index (χ1v) is 9.77. The van der Waals surface area contributed by atoms with Crippen molar-refractivity contribution in [1.82, 2.24) is 0 Å². The van der Waals surface area contributed by atoms with E-state index < -0.39 is 21.7 Å². The fourth-order valence-corrected chi connectivity index (χ4v) is 4.51. The van der Waals surface area contributed by atoms with Crippen molar-refractivity contribution in [3.63, 3.8) is 0 Å². The zero-order valence-electron chi connectivity index (χ0n) is 13.1. The molecule has 132 valence electrons. The Balaban J connectivity index is 1.96. The van der Waals surface area contributed by atoms with Crippen molar-refractivity contribution < 1.29 is 22.0 Å². The molecular formula is C16H14F2N2O3S2. The topological polar surface area (TPSA) is 66.5 Å². The van der Waals surface area contributed by atoms with Gasteiger partial charge in [0.05, 0.1) is 16.3 Å². The van der Waals surface area contributed by atoms with E-state index >= 15 is 0 Å². The molecule has 0 bridgehead atoms. The van der Waals surface area contributed by atoms with Crippen LogP contribution in [-0.4, -0.2) is 26.6 Å². The highest BCUT2D eigenvalue weighted by Gasteiger charge is 2.24. The fraction of sp³-hybridized carbons (Fsp3) is 0.188. The largest absolute Gasteiger partial charge is 0.311 e. The molecule has 0 radical (unpaired) electrons. The maximum Gasteiger partial charge on any atom is 0.261 e. The van der Waals surface area contributed by atoms with Crippen LogP contribution in [0.4, 0.5) is 20.2 Å². The molecule has 1 N–H and O–H groups in total. The molecule has 1 aliphatic heterocycles. The van der Waals surface area contributed by atoms with Crippen molar-refractivity contribution in [2.24, 2.45) is 0 Å². The molecule has 0 aromatic heterocycles. The van der Waals surface area contributed by atoms with E-state index in [1.54, 1.807) is 6.07 Å². The summed E-state index contributed by atoms with van der Waals surface area (Å²) >= 11 is 1.54. The first-order chi connectivity index (χ1) is 11.8. The van der Waals surface area contributed by atoms with Crippen LogP contribution in [0.1, 0.15) is 6.92 Å². The molecule has 25 heavy (non-hydrogen) atoms. The SMILES string of the molecule is CC(=O)N1CCSc2ccc(S(=O)(=O)Nc3ccc(F)c(F)c3)cc21. The number of benzene rings is 2. The number of anilines is 2. The number of amides is 1. The highest BCUT2D eigenvalue weighted by Crippen LogP contribution is 2.36. The first-order valence-electron chi connectivity index (χ1n) is 7.31. The maximum atomic E-state index is 13.3. The van der Waals surface area contributed by atoms with Crippen LogP contribution >= 0.6 is 11.8 Å². The molecule has 9 heteroatoms. The Morgan fingerprint density at radius 3 is 2.60 bits per heavy atom. The number of hydrogen-bond acceptors (Lipinski definition) is 4. The maximum absolute atomic E-state index is 13.3. The van der Waals surface area contributed by atoms with E-state index in [4.69, 9.17) is 0 Å². The second-order valence-electron chi connectivity index (χ2n) is 5.38. The summed E-state index contributed by atoms with van der Waals surface area (Å²) in [6, 6.07) is 7.20. The molecule has 1 amide bonds. The summed E-state index contributed by atoms with van der Waals surface area (Å²) in [5.74, 6) is -1.66. The number of rotatable bonds is 3. The number of carbonyl (C=O) groups is 1. The van der Waals surface area contributed by atoms with Crippen LogP contribution in [0.5, 0.6) is 0 Å². The number of carbonyl (C=O) groups excluding carboxylic acids is 1. The summed E-state index contributed by atoms with van der Waals surface area (Å²) in [5.41, 5.74) is 0.436. The van der Waals surface area contributed by atoms with Gasteiger partial charge in [-0.3, -0.25) is 9.52 Å². The van der Waals surface area contributed by atoms with Gasteiger partial charge in [0.2, 0.25) is 5.91 Å². The smallest absolute Gasteiger partial charge is 0.261 e. The molecule has 0 saturated heterocycles. The Labute approximate surface area is 148 Å². The minimum absolute atomic E-state index is 0.0651. The number of hydrogen-bond donors (Lipinski definition) is 1. The average Bonchev–Trinajstić information content (AvgIpc) is 2.56. The fourth-order valence-electron chi connectivity index (χ4n) is 2.47. The van der Waals surface area contributed by atoms with Gasteiger partial charge in [0.15, 0.2) is 11.6 Å². The Morgan fingerprint density at radius 1 is 1.16 bits per heavy atom. The summed E-state index contributed by atoms with van der Waals surface area (Å²) in [5, 5.41) is 0. The van der Waals surface area contributed by atoms with E-state index in [0.29, 0.717) is 12.2 Å². The van der Waals surface area contributed by atoms with Crippen LogP contribution in [0.2, 0.25) is 0 Å². The van der Waals surface area contributed by atoms with Crippen molar-refractivity contribution in [2.75, 3.05) is 21.9 Å². The van der Waals surface area contributed by atoms with E-state index in [1.807, 2.05) is 0 Å². The number of nitrogens with one attached hydrogen (secondary N) is 1. The predicted octanol–water partition coefficient (Wildman–Crippen LogP) is 3.22. The predicted molar refractivity (Wildman–Crippen MR) is 92.4 cm³/mol. The molecule has 2 aromatic carbocycles. The first kappa shape index (κ1) is 17.7. The normalized spacial score (nSPS) is 14.1. The quantitative estimate of drug-likeness (QED) is 0.882. The van der Waals surface area contributed by atoms with Gasteiger partial charge in [-0.15, -0.1) is 11.8 Å². The summed E-state index contributed by atoms with van der Waals surface area (Å²) in [4.78, 5) is 14.0. The number of halogens is 2. The molecule has 0 saturated carbocycles. The third kappa shape index (κ3) is 3.62. The van der Waals surface area contributed by atoms with Gasteiger partial charge < -0.3 is 4.90 Å². The zero-order valence-corrected chi connectivity index (χ0v) is 14.8. The molecule has 5 nitrogen and oxygen atoms in total. The van der Waals surface area contributed by atoms with E-state index in [1.165, 1.54) is 35.7 Å². The monoisotopic (exact) mass is 384 g/mol. The van der Waals surface area contributed by atoms with Gasteiger partial charge in [-0.25, -0.2) is 17.2 Å². The second-order valence-corrected chi connectivity index (χ2v) is 8.20. The van der Waals surface area contributed by atoms with Crippen LogP contribution in [-0.2, 0) is 14.8 Å². The lowest BCUT2D eigenvalue weighted by atomic mass is 10.2.